The number of fused-ring (bicyclic) bond motifs is 3. The molecule has 5 heterocycles. The number of aromatic nitrogens is 1. The van der Waals surface area contributed by atoms with E-state index in [0.29, 0.717) is 0 Å². The molecule has 4 aliphatic rings. The van der Waals surface area contributed by atoms with Gasteiger partial charge in [-0.15, -0.1) is 0 Å². The Morgan fingerprint density at radius 2 is 1.86 bits per heavy atom. The summed E-state index contributed by atoms with van der Waals surface area (Å²) in [6, 6.07) is 6.89. The SMILES string of the molecule is c1cc(CN2CCNCC2)c2[nH]c3c(c2c1)C1CCN3CC1. The monoisotopic (exact) mass is 296 g/mol. The zero-order chi connectivity index (χ0) is 14.5. The van der Waals surface area contributed by atoms with Gasteiger partial charge >= 0.3 is 0 Å². The fourth-order valence-electron chi connectivity index (χ4n) is 4.58. The standard InChI is InChI=1S/C18H24N4/c1-2-14(12-21-10-6-19-7-11-21)17-15(3-1)16-13-4-8-22(9-5-13)18(16)20-17/h1-3,13,19-20H,4-12H2. The molecular formula is C18H24N4. The molecule has 22 heavy (non-hydrogen) atoms. The maximum atomic E-state index is 3.79. The number of piperidine rings is 1. The molecule has 2 bridgehead atoms. The predicted octanol–water partition coefficient (Wildman–Crippen LogP) is 2.27. The van der Waals surface area contributed by atoms with E-state index in [2.05, 4.69) is 38.3 Å². The van der Waals surface area contributed by atoms with E-state index in [1.807, 2.05) is 0 Å². The van der Waals surface area contributed by atoms with Crippen molar-refractivity contribution in [3.8, 4) is 0 Å². The van der Waals surface area contributed by atoms with Gasteiger partial charge in [-0.2, -0.15) is 0 Å². The van der Waals surface area contributed by atoms with Crippen LogP contribution in [0.5, 0.6) is 0 Å². The van der Waals surface area contributed by atoms with E-state index in [1.54, 1.807) is 5.56 Å². The van der Waals surface area contributed by atoms with E-state index in [-0.39, 0.29) is 0 Å². The van der Waals surface area contributed by atoms with Crippen molar-refractivity contribution in [1.82, 2.24) is 15.2 Å². The Kier molecular flexibility index (Phi) is 2.95. The molecule has 0 spiro atoms. The van der Waals surface area contributed by atoms with Crippen molar-refractivity contribution >= 4 is 16.7 Å². The molecular weight excluding hydrogens is 272 g/mol. The Bertz CT molecular complexity index is 690. The highest BCUT2D eigenvalue weighted by molar-refractivity contribution is 5.92. The van der Waals surface area contributed by atoms with Gasteiger partial charge in [-0.25, -0.2) is 0 Å². The molecule has 0 atom stereocenters. The van der Waals surface area contributed by atoms with E-state index < -0.39 is 0 Å². The molecule has 2 aromatic rings. The highest BCUT2D eigenvalue weighted by atomic mass is 15.2. The van der Waals surface area contributed by atoms with Crippen LogP contribution in [0.4, 0.5) is 5.82 Å². The van der Waals surface area contributed by atoms with E-state index in [4.69, 9.17) is 0 Å². The number of benzene rings is 1. The number of nitrogens with one attached hydrogen (secondary N) is 2. The van der Waals surface area contributed by atoms with Crippen LogP contribution in [-0.4, -0.2) is 49.2 Å². The van der Waals surface area contributed by atoms with Crippen LogP contribution in [0, 0.1) is 0 Å². The molecule has 2 N–H and O–H groups in total. The quantitative estimate of drug-likeness (QED) is 0.892. The van der Waals surface area contributed by atoms with Gasteiger partial charge < -0.3 is 15.2 Å². The second-order valence-electron chi connectivity index (χ2n) is 7.01. The molecule has 1 aromatic carbocycles. The summed E-state index contributed by atoms with van der Waals surface area (Å²) in [7, 11) is 0. The van der Waals surface area contributed by atoms with Crippen molar-refractivity contribution < 1.29 is 0 Å². The third kappa shape index (κ3) is 1.90. The van der Waals surface area contributed by atoms with E-state index in [9.17, 15) is 0 Å². The molecule has 0 unspecified atom stereocenters. The minimum absolute atomic E-state index is 0.781. The third-order valence-corrected chi connectivity index (χ3v) is 5.76. The number of nitrogens with zero attached hydrogens (tertiary/aromatic N) is 2. The first-order chi connectivity index (χ1) is 10.9. The number of hydrogen-bond acceptors (Lipinski definition) is 3. The first-order valence-electron chi connectivity index (χ1n) is 8.71. The third-order valence-electron chi connectivity index (χ3n) is 5.76. The second-order valence-corrected chi connectivity index (χ2v) is 7.01. The molecule has 4 aliphatic heterocycles. The maximum absolute atomic E-state index is 3.79. The van der Waals surface area contributed by atoms with E-state index in [0.717, 1.165) is 38.6 Å². The molecule has 0 saturated carbocycles. The number of piperazine rings is 1. The molecule has 0 radical (unpaired) electrons. The van der Waals surface area contributed by atoms with Crippen LogP contribution in [0.1, 0.15) is 29.9 Å². The molecule has 0 aliphatic carbocycles. The largest absolute Gasteiger partial charge is 0.358 e. The summed E-state index contributed by atoms with van der Waals surface area (Å²) in [6.07, 6.45) is 2.67. The summed E-state index contributed by atoms with van der Waals surface area (Å²) < 4.78 is 0. The summed E-state index contributed by atoms with van der Waals surface area (Å²) in [5, 5.41) is 4.92. The smallest absolute Gasteiger partial charge is 0.110 e. The summed E-state index contributed by atoms with van der Waals surface area (Å²) >= 11 is 0. The van der Waals surface area contributed by atoms with Gasteiger partial charge in [0, 0.05) is 56.8 Å². The van der Waals surface area contributed by atoms with Gasteiger partial charge in [0.15, 0.2) is 0 Å². The van der Waals surface area contributed by atoms with Crippen LogP contribution < -0.4 is 10.2 Å². The summed E-state index contributed by atoms with van der Waals surface area (Å²) in [5.74, 6) is 2.20. The Balaban J connectivity index is 1.57. The van der Waals surface area contributed by atoms with Crippen LogP contribution in [0.25, 0.3) is 10.9 Å². The summed E-state index contributed by atoms with van der Waals surface area (Å²) in [5.41, 5.74) is 4.47. The number of anilines is 1. The normalized spacial score (nSPS) is 22.5. The van der Waals surface area contributed by atoms with E-state index in [1.165, 1.54) is 48.2 Å². The van der Waals surface area contributed by atoms with Crippen LogP contribution in [0.3, 0.4) is 0 Å². The van der Waals surface area contributed by atoms with Gasteiger partial charge in [0.2, 0.25) is 0 Å². The van der Waals surface area contributed by atoms with Gasteiger partial charge in [0.25, 0.3) is 0 Å². The lowest BCUT2D eigenvalue weighted by Gasteiger charge is -2.40. The highest BCUT2D eigenvalue weighted by Gasteiger charge is 2.34. The Morgan fingerprint density at radius 3 is 2.68 bits per heavy atom. The van der Waals surface area contributed by atoms with Gasteiger partial charge in [-0.05, 0) is 24.3 Å². The molecule has 6 rings (SSSR count). The topological polar surface area (TPSA) is 34.3 Å². The minimum atomic E-state index is 0.781. The predicted molar refractivity (Wildman–Crippen MR) is 90.6 cm³/mol. The Morgan fingerprint density at radius 1 is 1.05 bits per heavy atom. The molecule has 0 amide bonds. The first-order valence-corrected chi connectivity index (χ1v) is 8.71. The Hall–Kier alpha value is -1.52. The van der Waals surface area contributed by atoms with Crippen LogP contribution in [0.2, 0.25) is 0 Å². The fourth-order valence-corrected chi connectivity index (χ4v) is 4.58. The molecule has 116 valence electrons. The second kappa shape index (κ2) is 5.00. The lowest BCUT2D eigenvalue weighted by Crippen LogP contribution is -2.42. The lowest BCUT2D eigenvalue weighted by atomic mass is 9.84. The number of para-hydroxylation sites is 1. The molecule has 4 nitrogen and oxygen atoms in total. The van der Waals surface area contributed by atoms with Crippen molar-refractivity contribution in [1.29, 1.82) is 0 Å². The van der Waals surface area contributed by atoms with Crippen LogP contribution >= 0.6 is 0 Å². The van der Waals surface area contributed by atoms with Gasteiger partial charge in [0.1, 0.15) is 5.82 Å². The summed E-state index contributed by atoms with van der Waals surface area (Å²) in [4.78, 5) is 8.92. The zero-order valence-corrected chi connectivity index (χ0v) is 13.1. The fraction of sp³-hybridized carbons (Fsp3) is 0.556. The van der Waals surface area contributed by atoms with Crippen LogP contribution in [0.15, 0.2) is 18.2 Å². The average molecular weight is 296 g/mol. The zero-order valence-electron chi connectivity index (χ0n) is 13.1. The minimum Gasteiger partial charge on any atom is -0.358 e. The summed E-state index contributed by atoms with van der Waals surface area (Å²) in [6.45, 7) is 8.09. The van der Waals surface area contributed by atoms with E-state index >= 15 is 0 Å². The van der Waals surface area contributed by atoms with Crippen molar-refractivity contribution in [2.75, 3.05) is 44.2 Å². The Labute approximate surface area is 131 Å². The van der Waals surface area contributed by atoms with Gasteiger partial charge in [-0.1, -0.05) is 18.2 Å². The number of hydrogen-bond donors (Lipinski definition) is 2. The molecule has 2 saturated heterocycles. The lowest BCUT2D eigenvalue weighted by molar-refractivity contribution is 0.234. The van der Waals surface area contributed by atoms with Crippen molar-refractivity contribution in [3.05, 3.63) is 29.3 Å². The number of aromatic amines is 1. The first kappa shape index (κ1) is 13.0. The highest BCUT2D eigenvalue weighted by Crippen LogP contribution is 2.46. The molecule has 2 fully saturated rings. The maximum Gasteiger partial charge on any atom is 0.110 e. The number of rotatable bonds is 2. The van der Waals surface area contributed by atoms with Crippen LogP contribution in [-0.2, 0) is 6.54 Å². The number of H-pyrrole nitrogens is 1. The van der Waals surface area contributed by atoms with Crippen molar-refractivity contribution in [2.45, 2.75) is 25.3 Å². The van der Waals surface area contributed by atoms with Gasteiger partial charge in [-0.3, -0.25) is 4.90 Å². The average Bonchev–Trinajstić information content (AvgIpc) is 3.00. The molecule has 1 aromatic heterocycles. The van der Waals surface area contributed by atoms with Crippen molar-refractivity contribution in [2.24, 2.45) is 0 Å². The molecule has 4 heteroatoms. The van der Waals surface area contributed by atoms with Gasteiger partial charge in [0.05, 0.1) is 5.52 Å². The van der Waals surface area contributed by atoms with Crippen molar-refractivity contribution in [3.63, 3.8) is 0 Å².